The van der Waals surface area contributed by atoms with E-state index in [-0.39, 0.29) is 10.8 Å². The van der Waals surface area contributed by atoms with Crippen LogP contribution in [0.15, 0.2) is 27.8 Å². The molecule has 6 heteroatoms. The van der Waals surface area contributed by atoms with Crippen molar-refractivity contribution < 1.29 is 4.79 Å². The number of rotatable bonds is 1. The minimum Gasteiger partial charge on any atom is -0.326 e. The van der Waals surface area contributed by atoms with Crippen molar-refractivity contribution in [3.63, 3.8) is 0 Å². The van der Waals surface area contributed by atoms with Gasteiger partial charge in [-0.15, -0.1) is 0 Å². The monoisotopic (exact) mass is 236 g/mol. The molecule has 82 valence electrons. The predicted octanol–water partition coefficient (Wildman–Crippen LogP) is 0.908. The summed E-state index contributed by atoms with van der Waals surface area (Å²) in [6, 6.07) is 4.84. The van der Waals surface area contributed by atoms with Crippen molar-refractivity contribution in [2.45, 2.75) is 6.92 Å². The topological polar surface area (TPSA) is 79.0 Å². The fourth-order valence-electron chi connectivity index (χ4n) is 1.36. The SMILES string of the molecule is CC(=O)Nc1ccc2sc(=O)[nH]c(=O)c2c1. The fraction of sp³-hybridized carbons (Fsp3) is 0.100. The molecule has 1 aromatic carbocycles. The summed E-state index contributed by atoms with van der Waals surface area (Å²) in [4.78, 5) is 35.2. The number of fused-ring (bicyclic) bond motifs is 1. The van der Waals surface area contributed by atoms with Gasteiger partial charge in [-0.1, -0.05) is 11.3 Å². The highest BCUT2D eigenvalue weighted by Gasteiger charge is 2.03. The van der Waals surface area contributed by atoms with Crippen molar-refractivity contribution in [2.75, 3.05) is 5.32 Å². The van der Waals surface area contributed by atoms with E-state index in [0.29, 0.717) is 15.8 Å². The Kier molecular flexibility index (Phi) is 2.57. The standard InChI is InChI=1S/C10H8N2O3S/c1-5(13)11-6-2-3-8-7(4-6)9(14)12-10(15)16-8/h2-4H,1H3,(H,11,13)(H,12,14,15). The summed E-state index contributed by atoms with van der Waals surface area (Å²) in [5.41, 5.74) is 0.0994. The second-order valence-corrected chi connectivity index (χ2v) is 4.25. The summed E-state index contributed by atoms with van der Waals surface area (Å²) in [5.74, 6) is -0.208. The van der Waals surface area contributed by atoms with Gasteiger partial charge in [-0.05, 0) is 18.2 Å². The Morgan fingerprint density at radius 1 is 1.38 bits per heavy atom. The highest BCUT2D eigenvalue weighted by atomic mass is 32.1. The lowest BCUT2D eigenvalue weighted by atomic mass is 10.2. The number of benzene rings is 1. The van der Waals surface area contributed by atoms with Gasteiger partial charge in [0.25, 0.3) is 5.56 Å². The lowest BCUT2D eigenvalue weighted by Gasteiger charge is -2.02. The molecule has 0 bridgehead atoms. The van der Waals surface area contributed by atoms with Gasteiger partial charge < -0.3 is 5.32 Å². The van der Waals surface area contributed by atoms with Gasteiger partial charge in [0.2, 0.25) is 5.91 Å². The molecule has 0 aliphatic rings. The van der Waals surface area contributed by atoms with E-state index in [2.05, 4.69) is 10.3 Å². The molecule has 5 nitrogen and oxygen atoms in total. The molecule has 0 atom stereocenters. The third-order valence-corrected chi connectivity index (χ3v) is 2.83. The molecule has 1 heterocycles. The fourth-order valence-corrected chi connectivity index (χ4v) is 2.10. The zero-order valence-electron chi connectivity index (χ0n) is 8.37. The smallest absolute Gasteiger partial charge is 0.307 e. The molecule has 0 radical (unpaired) electrons. The van der Waals surface area contributed by atoms with Gasteiger partial charge in [0.05, 0.1) is 5.39 Å². The molecule has 2 rings (SSSR count). The van der Waals surface area contributed by atoms with Crippen LogP contribution in [0.3, 0.4) is 0 Å². The molecule has 0 saturated carbocycles. The number of aromatic nitrogens is 1. The van der Waals surface area contributed by atoms with Crippen LogP contribution in [-0.4, -0.2) is 10.9 Å². The van der Waals surface area contributed by atoms with Gasteiger partial charge in [-0.2, -0.15) is 0 Å². The molecule has 0 unspecified atom stereocenters. The molecule has 1 aromatic heterocycles. The Morgan fingerprint density at radius 2 is 2.12 bits per heavy atom. The molecule has 16 heavy (non-hydrogen) atoms. The second-order valence-electron chi connectivity index (χ2n) is 3.24. The average Bonchev–Trinajstić information content (AvgIpc) is 2.18. The van der Waals surface area contributed by atoms with E-state index in [9.17, 15) is 14.4 Å². The largest absolute Gasteiger partial charge is 0.326 e. The molecular formula is C10H8N2O3S. The maximum absolute atomic E-state index is 11.5. The first-order valence-electron chi connectivity index (χ1n) is 4.51. The van der Waals surface area contributed by atoms with E-state index in [1.807, 2.05) is 0 Å². The van der Waals surface area contributed by atoms with Crippen LogP contribution in [-0.2, 0) is 4.79 Å². The van der Waals surface area contributed by atoms with Gasteiger partial charge in [0, 0.05) is 17.3 Å². The molecule has 2 aromatic rings. The number of nitrogens with one attached hydrogen (secondary N) is 2. The minimum absolute atomic E-state index is 0.208. The lowest BCUT2D eigenvalue weighted by Crippen LogP contribution is -2.16. The molecule has 0 aliphatic heterocycles. The number of anilines is 1. The van der Waals surface area contributed by atoms with Crippen molar-refractivity contribution in [3.05, 3.63) is 38.2 Å². The van der Waals surface area contributed by atoms with Crippen molar-refractivity contribution >= 4 is 33.0 Å². The Balaban J connectivity index is 2.66. The van der Waals surface area contributed by atoms with Crippen molar-refractivity contribution in [2.24, 2.45) is 0 Å². The Hall–Kier alpha value is -1.95. The minimum atomic E-state index is -0.439. The van der Waals surface area contributed by atoms with Crippen LogP contribution >= 0.6 is 11.3 Å². The van der Waals surface area contributed by atoms with E-state index in [4.69, 9.17) is 0 Å². The molecule has 0 saturated heterocycles. The summed E-state index contributed by atoms with van der Waals surface area (Å²) in [5, 5.41) is 2.97. The van der Waals surface area contributed by atoms with E-state index >= 15 is 0 Å². The molecule has 0 spiro atoms. The summed E-state index contributed by atoms with van der Waals surface area (Å²) in [7, 11) is 0. The highest BCUT2D eigenvalue weighted by Crippen LogP contribution is 2.17. The maximum atomic E-state index is 11.5. The number of H-pyrrole nitrogens is 1. The van der Waals surface area contributed by atoms with Gasteiger partial charge in [-0.3, -0.25) is 19.4 Å². The summed E-state index contributed by atoms with van der Waals surface area (Å²) < 4.78 is 0.600. The van der Waals surface area contributed by atoms with Gasteiger partial charge in [0.15, 0.2) is 0 Å². The van der Waals surface area contributed by atoms with Crippen LogP contribution in [0.5, 0.6) is 0 Å². The number of carbonyl (C=O) groups is 1. The van der Waals surface area contributed by atoms with Crippen LogP contribution in [0.4, 0.5) is 5.69 Å². The number of hydrogen-bond donors (Lipinski definition) is 2. The molecule has 0 fully saturated rings. The number of carbonyl (C=O) groups excluding carboxylic acids is 1. The van der Waals surface area contributed by atoms with Crippen LogP contribution in [0, 0.1) is 0 Å². The normalized spacial score (nSPS) is 10.3. The number of aromatic amines is 1. The number of hydrogen-bond acceptors (Lipinski definition) is 4. The van der Waals surface area contributed by atoms with Crippen LogP contribution in [0.2, 0.25) is 0 Å². The Morgan fingerprint density at radius 3 is 2.81 bits per heavy atom. The zero-order chi connectivity index (χ0) is 11.7. The summed E-state index contributed by atoms with van der Waals surface area (Å²) in [6.45, 7) is 1.39. The predicted molar refractivity (Wildman–Crippen MR) is 63.0 cm³/mol. The molecule has 0 aliphatic carbocycles. The molecule has 2 N–H and O–H groups in total. The van der Waals surface area contributed by atoms with E-state index in [1.165, 1.54) is 6.92 Å². The summed E-state index contributed by atoms with van der Waals surface area (Å²) >= 11 is 0.960. The lowest BCUT2D eigenvalue weighted by molar-refractivity contribution is -0.114. The van der Waals surface area contributed by atoms with Crippen LogP contribution < -0.4 is 15.7 Å². The van der Waals surface area contributed by atoms with E-state index in [1.54, 1.807) is 18.2 Å². The first-order valence-corrected chi connectivity index (χ1v) is 5.33. The third-order valence-electron chi connectivity index (χ3n) is 1.96. The number of amides is 1. The maximum Gasteiger partial charge on any atom is 0.307 e. The highest BCUT2D eigenvalue weighted by molar-refractivity contribution is 7.15. The summed E-state index contributed by atoms with van der Waals surface area (Å²) in [6.07, 6.45) is 0. The van der Waals surface area contributed by atoms with Gasteiger partial charge >= 0.3 is 4.87 Å². The van der Waals surface area contributed by atoms with Crippen molar-refractivity contribution in [1.29, 1.82) is 0 Å². The van der Waals surface area contributed by atoms with Gasteiger partial charge in [-0.25, -0.2) is 0 Å². The van der Waals surface area contributed by atoms with E-state index < -0.39 is 5.56 Å². The Bertz CT molecular complexity index is 672. The van der Waals surface area contributed by atoms with Crippen molar-refractivity contribution in [3.8, 4) is 0 Å². The molecule has 1 amide bonds. The molecular weight excluding hydrogens is 228 g/mol. The quantitative estimate of drug-likeness (QED) is 0.772. The zero-order valence-corrected chi connectivity index (χ0v) is 9.18. The second kappa shape index (κ2) is 3.90. The van der Waals surface area contributed by atoms with Crippen molar-refractivity contribution in [1.82, 2.24) is 4.98 Å². The van der Waals surface area contributed by atoms with E-state index in [0.717, 1.165) is 11.3 Å². The van der Waals surface area contributed by atoms with Crippen LogP contribution in [0.1, 0.15) is 6.92 Å². The third kappa shape index (κ3) is 2.01. The van der Waals surface area contributed by atoms with Gasteiger partial charge in [0.1, 0.15) is 0 Å². The first kappa shape index (κ1) is 10.6. The van der Waals surface area contributed by atoms with Crippen LogP contribution in [0.25, 0.3) is 10.1 Å². The Labute approximate surface area is 93.7 Å². The average molecular weight is 236 g/mol. The first-order chi connectivity index (χ1) is 7.56.